The fourth-order valence-corrected chi connectivity index (χ4v) is 2.13. The molecule has 98 valence electrons. The van der Waals surface area contributed by atoms with Gasteiger partial charge in [-0.15, -0.1) is 0 Å². The van der Waals surface area contributed by atoms with Crippen LogP contribution in [-0.4, -0.2) is 28.9 Å². The molecule has 1 rings (SSSR count). The number of hydrogen-bond acceptors (Lipinski definition) is 2. The summed E-state index contributed by atoms with van der Waals surface area (Å²) >= 11 is 14.1. The molecule has 0 aliphatic rings. The Morgan fingerprint density at radius 1 is 1.61 bits per heavy atom. The predicted octanol–water partition coefficient (Wildman–Crippen LogP) is 3.24. The first-order chi connectivity index (χ1) is 8.32. The van der Waals surface area contributed by atoms with Crippen LogP contribution in [0.1, 0.15) is 23.7 Å². The lowest BCUT2D eigenvalue weighted by molar-refractivity contribution is 0.0748. The number of hydrogen-bond donors (Lipinski definition) is 1. The van der Waals surface area contributed by atoms with Gasteiger partial charge in [0.05, 0.1) is 10.0 Å². The third kappa shape index (κ3) is 3.93. The highest BCUT2D eigenvalue weighted by Crippen LogP contribution is 2.24. The van der Waals surface area contributed by atoms with Crippen LogP contribution in [0.3, 0.4) is 0 Å². The molecule has 1 amide bonds. The fraction of sp³-hybridized carbons (Fsp3) is 0.333. The van der Waals surface area contributed by atoms with Crippen LogP contribution in [0.15, 0.2) is 22.7 Å². The lowest BCUT2D eigenvalue weighted by atomic mass is 10.1. The van der Waals surface area contributed by atoms with Gasteiger partial charge in [0, 0.05) is 29.5 Å². The first-order valence-corrected chi connectivity index (χ1v) is 6.91. The number of benzene rings is 1. The maximum atomic E-state index is 12.2. The molecule has 1 aromatic carbocycles. The number of nitrogens with two attached hydrogens (primary N) is 1. The third-order valence-corrected chi connectivity index (χ3v) is 4.04. The molecule has 0 radical (unpaired) electrons. The van der Waals surface area contributed by atoms with Gasteiger partial charge in [-0.2, -0.15) is 0 Å². The summed E-state index contributed by atoms with van der Waals surface area (Å²) in [7, 11) is 1.72. The number of carbonyl (C=O) groups is 1. The van der Waals surface area contributed by atoms with E-state index in [1.54, 1.807) is 30.1 Å². The van der Waals surface area contributed by atoms with Gasteiger partial charge in [-0.1, -0.05) is 23.8 Å². The van der Waals surface area contributed by atoms with E-state index >= 15 is 0 Å². The van der Waals surface area contributed by atoms with Crippen LogP contribution in [-0.2, 0) is 0 Å². The van der Waals surface area contributed by atoms with Crippen LogP contribution >= 0.6 is 39.7 Å². The van der Waals surface area contributed by atoms with Gasteiger partial charge in [-0.05, 0) is 41.1 Å². The summed E-state index contributed by atoms with van der Waals surface area (Å²) in [5.41, 5.74) is 6.02. The molecular weight excluding hydrogens is 336 g/mol. The summed E-state index contributed by atoms with van der Waals surface area (Å²) in [5.74, 6) is -0.104. The highest BCUT2D eigenvalue weighted by atomic mass is 79.9. The Kier molecular flexibility index (Phi) is 5.56. The first kappa shape index (κ1) is 15.4. The van der Waals surface area contributed by atoms with Crippen molar-refractivity contribution in [3.63, 3.8) is 0 Å². The van der Waals surface area contributed by atoms with Crippen molar-refractivity contribution in [2.45, 2.75) is 19.4 Å². The Morgan fingerprint density at radius 3 is 2.72 bits per heavy atom. The molecule has 0 fully saturated rings. The SMILES string of the molecule is CC(CC(N)=S)N(C)C(=O)c1ccc(Br)c(Cl)c1. The van der Waals surface area contributed by atoms with Crippen LogP contribution in [0, 0.1) is 0 Å². The molecule has 0 saturated heterocycles. The second-order valence-electron chi connectivity index (χ2n) is 4.06. The monoisotopic (exact) mass is 348 g/mol. The van der Waals surface area contributed by atoms with Crippen molar-refractivity contribution in [3.8, 4) is 0 Å². The molecule has 18 heavy (non-hydrogen) atoms. The number of rotatable bonds is 4. The molecule has 1 atom stereocenters. The Morgan fingerprint density at radius 2 is 2.22 bits per heavy atom. The number of carbonyl (C=O) groups excluding carboxylic acids is 1. The van der Waals surface area contributed by atoms with Gasteiger partial charge in [0.2, 0.25) is 0 Å². The van der Waals surface area contributed by atoms with E-state index in [1.807, 2.05) is 6.92 Å². The summed E-state index contributed by atoms with van der Waals surface area (Å²) in [5, 5.41) is 0.510. The molecule has 0 aliphatic carbocycles. The zero-order valence-electron chi connectivity index (χ0n) is 10.1. The van der Waals surface area contributed by atoms with Crippen molar-refractivity contribution in [2.75, 3.05) is 7.05 Å². The molecule has 1 aromatic rings. The maximum Gasteiger partial charge on any atom is 0.253 e. The summed E-state index contributed by atoms with van der Waals surface area (Å²) in [6, 6.07) is 5.07. The number of amides is 1. The summed E-state index contributed by atoms with van der Waals surface area (Å²) in [6.07, 6.45) is 0.502. The van der Waals surface area contributed by atoms with E-state index in [1.165, 1.54) is 0 Å². The van der Waals surface area contributed by atoms with Gasteiger partial charge in [0.25, 0.3) is 5.91 Å². The average Bonchev–Trinajstić information content (AvgIpc) is 2.30. The van der Waals surface area contributed by atoms with E-state index in [2.05, 4.69) is 15.9 Å². The predicted molar refractivity (Wildman–Crippen MR) is 82.1 cm³/mol. The molecule has 0 heterocycles. The minimum atomic E-state index is -0.104. The normalized spacial score (nSPS) is 12.0. The van der Waals surface area contributed by atoms with E-state index in [4.69, 9.17) is 29.6 Å². The van der Waals surface area contributed by atoms with Crippen LogP contribution in [0.5, 0.6) is 0 Å². The molecule has 2 N–H and O–H groups in total. The van der Waals surface area contributed by atoms with Crippen molar-refractivity contribution >= 4 is 50.6 Å². The first-order valence-electron chi connectivity index (χ1n) is 5.33. The smallest absolute Gasteiger partial charge is 0.253 e. The van der Waals surface area contributed by atoms with E-state index in [0.717, 1.165) is 4.47 Å². The minimum Gasteiger partial charge on any atom is -0.393 e. The number of thiocarbonyl (C=S) groups is 1. The van der Waals surface area contributed by atoms with Crippen LogP contribution < -0.4 is 5.73 Å². The summed E-state index contributed by atoms with van der Waals surface area (Å²) < 4.78 is 0.763. The lowest BCUT2D eigenvalue weighted by Gasteiger charge is -2.24. The third-order valence-electron chi connectivity index (χ3n) is 2.64. The van der Waals surface area contributed by atoms with Crippen molar-refractivity contribution in [3.05, 3.63) is 33.3 Å². The van der Waals surface area contributed by atoms with Gasteiger partial charge in [0.15, 0.2) is 0 Å². The number of halogens is 2. The molecule has 0 aliphatic heterocycles. The molecule has 0 saturated carbocycles. The Labute approximate surface area is 125 Å². The molecule has 3 nitrogen and oxygen atoms in total. The van der Waals surface area contributed by atoms with Gasteiger partial charge in [0.1, 0.15) is 0 Å². The topological polar surface area (TPSA) is 46.3 Å². The average molecular weight is 350 g/mol. The minimum absolute atomic E-state index is 0.0441. The Balaban J connectivity index is 2.86. The molecular formula is C12H14BrClN2OS. The highest BCUT2D eigenvalue weighted by Gasteiger charge is 2.18. The second kappa shape index (κ2) is 6.50. The second-order valence-corrected chi connectivity index (χ2v) is 5.85. The van der Waals surface area contributed by atoms with Gasteiger partial charge in [-0.25, -0.2) is 0 Å². The molecule has 0 spiro atoms. The highest BCUT2D eigenvalue weighted by molar-refractivity contribution is 9.10. The van der Waals surface area contributed by atoms with Crippen LogP contribution in [0.4, 0.5) is 0 Å². The Bertz CT molecular complexity index is 481. The molecule has 0 bridgehead atoms. The Hall–Kier alpha value is -0.650. The van der Waals surface area contributed by atoms with Gasteiger partial charge >= 0.3 is 0 Å². The van der Waals surface area contributed by atoms with Crippen LogP contribution in [0.2, 0.25) is 5.02 Å². The molecule has 1 unspecified atom stereocenters. The van der Waals surface area contributed by atoms with Crippen LogP contribution in [0.25, 0.3) is 0 Å². The van der Waals surface area contributed by atoms with E-state index in [-0.39, 0.29) is 11.9 Å². The number of nitrogens with zero attached hydrogens (tertiary/aromatic N) is 1. The zero-order chi connectivity index (χ0) is 13.9. The van der Waals surface area contributed by atoms with E-state index in [9.17, 15) is 4.79 Å². The molecule has 6 heteroatoms. The van der Waals surface area contributed by atoms with Gasteiger partial charge < -0.3 is 10.6 Å². The van der Waals surface area contributed by atoms with Crippen molar-refractivity contribution in [1.82, 2.24) is 4.90 Å². The van der Waals surface area contributed by atoms with E-state index < -0.39 is 0 Å². The largest absolute Gasteiger partial charge is 0.393 e. The quantitative estimate of drug-likeness (QED) is 0.849. The standard InChI is InChI=1S/C12H14BrClN2OS/c1-7(5-11(15)18)16(2)12(17)8-3-4-9(13)10(14)6-8/h3-4,6-7H,5H2,1-2H3,(H2,15,18). The molecule has 0 aromatic heterocycles. The zero-order valence-corrected chi connectivity index (χ0v) is 13.3. The van der Waals surface area contributed by atoms with Gasteiger partial charge in [-0.3, -0.25) is 4.79 Å². The van der Waals surface area contributed by atoms with Crippen molar-refractivity contribution in [1.29, 1.82) is 0 Å². The summed E-state index contributed by atoms with van der Waals surface area (Å²) in [4.78, 5) is 14.2. The maximum absolute atomic E-state index is 12.2. The lowest BCUT2D eigenvalue weighted by Crippen LogP contribution is -2.37. The summed E-state index contributed by atoms with van der Waals surface area (Å²) in [6.45, 7) is 1.90. The van der Waals surface area contributed by atoms with Crippen molar-refractivity contribution in [2.24, 2.45) is 5.73 Å². The van der Waals surface area contributed by atoms with E-state index in [0.29, 0.717) is 22.0 Å². The van der Waals surface area contributed by atoms with Crippen molar-refractivity contribution < 1.29 is 4.79 Å². The fourth-order valence-electron chi connectivity index (χ4n) is 1.46.